The van der Waals surface area contributed by atoms with E-state index in [4.69, 9.17) is 13.9 Å². The zero-order valence-electron chi connectivity index (χ0n) is 12.7. The van der Waals surface area contributed by atoms with Gasteiger partial charge in [-0.3, -0.25) is 4.79 Å². The number of carbonyl (C=O) groups is 1. The van der Waals surface area contributed by atoms with E-state index < -0.39 is 5.79 Å². The van der Waals surface area contributed by atoms with Crippen LogP contribution in [0.25, 0.3) is 11.5 Å². The van der Waals surface area contributed by atoms with Crippen molar-refractivity contribution in [1.29, 1.82) is 0 Å². The molecule has 6 heteroatoms. The molecule has 0 saturated carbocycles. The first-order valence-corrected chi connectivity index (χ1v) is 7.84. The minimum absolute atomic E-state index is 0.132. The van der Waals surface area contributed by atoms with E-state index in [9.17, 15) is 4.79 Å². The molecule has 120 valence electrons. The van der Waals surface area contributed by atoms with Crippen molar-refractivity contribution in [2.24, 2.45) is 0 Å². The Kier molecular flexibility index (Phi) is 3.63. The fourth-order valence-electron chi connectivity index (χ4n) is 3.08. The van der Waals surface area contributed by atoms with Crippen LogP contribution in [-0.2, 0) is 9.47 Å². The highest BCUT2D eigenvalue weighted by atomic mass is 16.7. The van der Waals surface area contributed by atoms with Crippen molar-refractivity contribution in [3.8, 4) is 11.5 Å². The maximum atomic E-state index is 12.6. The second kappa shape index (κ2) is 5.79. The van der Waals surface area contributed by atoms with Crippen molar-refractivity contribution in [2.45, 2.75) is 18.6 Å². The Morgan fingerprint density at radius 3 is 2.48 bits per heavy atom. The molecule has 1 amide bonds. The minimum atomic E-state index is -0.479. The molecule has 0 unspecified atom stereocenters. The predicted octanol–water partition coefficient (Wildman–Crippen LogP) is 2.32. The first-order valence-electron chi connectivity index (χ1n) is 7.84. The topological polar surface area (TPSA) is 64.8 Å². The zero-order chi connectivity index (χ0) is 15.7. The number of amides is 1. The lowest BCUT2D eigenvalue weighted by molar-refractivity contribution is -0.181. The fraction of sp³-hybridized carbons (Fsp3) is 0.412. The van der Waals surface area contributed by atoms with Gasteiger partial charge >= 0.3 is 0 Å². The van der Waals surface area contributed by atoms with E-state index in [-0.39, 0.29) is 11.7 Å². The Balaban J connectivity index is 1.45. The second-order valence-electron chi connectivity index (χ2n) is 5.80. The van der Waals surface area contributed by atoms with Crippen LogP contribution in [0.15, 0.2) is 40.9 Å². The minimum Gasteiger partial charge on any atom is -0.431 e. The molecule has 1 aromatic carbocycles. The van der Waals surface area contributed by atoms with Crippen LogP contribution >= 0.6 is 0 Å². The summed E-state index contributed by atoms with van der Waals surface area (Å²) in [4.78, 5) is 18.5. The highest BCUT2D eigenvalue weighted by Gasteiger charge is 2.41. The summed E-state index contributed by atoms with van der Waals surface area (Å²) in [5, 5.41) is 0. The quantitative estimate of drug-likeness (QED) is 0.851. The number of rotatable bonds is 2. The molecule has 6 nitrogen and oxygen atoms in total. The molecule has 2 aliphatic heterocycles. The first kappa shape index (κ1) is 14.4. The number of carbonyl (C=O) groups excluding carboxylic acids is 1. The molecule has 0 atom stereocenters. The van der Waals surface area contributed by atoms with Gasteiger partial charge in [0.25, 0.3) is 5.91 Å². The molecule has 2 saturated heterocycles. The third kappa shape index (κ3) is 2.75. The Bertz CT molecular complexity index is 682. The number of oxazole rings is 1. The largest absolute Gasteiger partial charge is 0.431 e. The molecule has 0 radical (unpaired) electrons. The van der Waals surface area contributed by atoms with Crippen molar-refractivity contribution in [3.63, 3.8) is 0 Å². The monoisotopic (exact) mass is 314 g/mol. The number of hydrogen-bond acceptors (Lipinski definition) is 5. The van der Waals surface area contributed by atoms with E-state index in [1.807, 2.05) is 30.3 Å². The van der Waals surface area contributed by atoms with Crippen LogP contribution in [0.2, 0.25) is 0 Å². The normalized spacial score (nSPS) is 20.1. The fourth-order valence-corrected chi connectivity index (χ4v) is 3.08. The van der Waals surface area contributed by atoms with Crippen molar-refractivity contribution in [1.82, 2.24) is 9.88 Å². The molecule has 1 aromatic heterocycles. The summed E-state index contributed by atoms with van der Waals surface area (Å²) in [6.45, 7) is 2.47. The molecule has 1 spiro atoms. The number of aromatic nitrogens is 1. The van der Waals surface area contributed by atoms with Crippen LogP contribution in [0.3, 0.4) is 0 Å². The van der Waals surface area contributed by atoms with Crippen LogP contribution in [0.5, 0.6) is 0 Å². The van der Waals surface area contributed by atoms with Crippen LogP contribution < -0.4 is 0 Å². The zero-order valence-corrected chi connectivity index (χ0v) is 12.7. The Hall–Kier alpha value is -2.18. The number of benzene rings is 1. The highest BCUT2D eigenvalue weighted by Crippen LogP contribution is 2.32. The van der Waals surface area contributed by atoms with Gasteiger partial charge in [0.15, 0.2) is 5.79 Å². The van der Waals surface area contributed by atoms with E-state index in [1.165, 1.54) is 6.20 Å². The molecule has 4 rings (SSSR count). The summed E-state index contributed by atoms with van der Waals surface area (Å²) < 4.78 is 17.0. The van der Waals surface area contributed by atoms with Crippen LogP contribution in [-0.4, -0.2) is 47.9 Å². The number of nitrogens with zero attached hydrogens (tertiary/aromatic N) is 2. The van der Waals surface area contributed by atoms with Gasteiger partial charge < -0.3 is 18.8 Å². The summed E-state index contributed by atoms with van der Waals surface area (Å²) in [5.41, 5.74) is 0.858. The molecule has 0 N–H and O–H groups in total. The van der Waals surface area contributed by atoms with Crippen LogP contribution in [0.4, 0.5) is 0 Å². The van der Waals surface area contributed by atoms with Gasteiger partial charge in [0.2, 0.25) is 11.7 Å². The Morgan fingerprint density at radius 2 is 1.78 bits per heavy atom. The summed E-state index contributed by atoms with van der Waals surface area (Å²) >= 11 is 0. The molecule has 2 aliphatic rings. The summed E-state index contributed by atoms with van der Waals surface area (Å²) in [7, 11) is 0. The van der Waals surface area contributed by atoms with Gasteiger partial charge in [0, 0.05) is 31.5 Å². The molecule has 0 aliphatic carbocycles. The van der Waals surface area contributed by atoms with Gasteiger partial charge in [-0.25, -0.2) is 4.98 Å². The van der Waals surface area contributed by atoms with Gasteiger partial charge in [-0.05, 0) is 12.1 Å². The molecule has 23 heavy (non-hydrogen) atoms. The molecule has 0 bridgehead atoms. The number of piperidine rings is 1. The molecular formula is C17H18N2O4. The second-order valence-corrected chi connectivity index (χ2v) is 5.80. The van der Waals surface area contributed by atoms with E-state index >= 15 is 0 Å². The maximum absolute atomic E-state index is 12.6. The lowest BCUT2D eigenvalue weighted by atomic mass is 10.0. The molecule has 3 heterocycles. The third-order valence-corrected chi connectivity index (χ3v) is 4.36. The van der Waals surface area contributed by atoms with E-state index in [2.05, 4.69) is 4.98 Å². The third-order valence-electron chi connectivity index (χ3n) is 4.36. The van der Waals surface area contributed by atoms with Crippen molar-refractivity contribution < 1.29 is 18.7 Å². The van der Waals surface area contributed by atoms with Crippen LogP contribution in [0.1, 0.15) is 23.4 Å². The molecule has 2 fully saturated rings. The lowest BCUT2D eigenvalue weighted by Crippen LogP contribution is -2.47. The van der Waals surface area contributed by atoms with Crippen molar-refractivity contribution in [3.05, 3.63) is 42.3 Å². The van der Waals surface area contributed by atoms with Gasteiger partial charge in [-0.2, -0.15) is 0 Å². The summed E-state index contributed by atoms with van der Waals surface area (Å²) in [6, 6.07) is 9.55. The Labute approximate surface area is 134 Å². The predicted molar refractivity (Wildman–Crippen MR) is 81.7 cm³/mol. The molecular weight excluding hydrogens is 296 g/mol. The summed E-state index contributed by atoms with van der Waals surface area (Å²) in [6.07, 6.45) is 2.88. The summed E-state index contributed by atoms with van der Waals surface area (Å²) in [5.74, 6) is 0.124. The first-order chi connectivity index (χ1) is 11.3. The standard InChI is InChI=1S/C17H18N2O4/c20-16(19-8-6-17(7-9-19)21-10-11-22-17)14-12-18-15(23-14)13-4-2-1-3-5-13/h1-5,12H,6-11H2. The van der Waals surface area contributed by atoms with Gasteiger partial charge in [0.05, 0.1) is 19.4 Å². The lowest BCUT2D eigenvalue weighted by Gasteiger charge is -2.37. The molecule has 2 aromatic rings. The van der Waals surface area contributed by atoms with Gasteiger partial charge in [0.1, 0.15) is 0 Å². The number of hydrogen-bond donors (Lipinski definition) is 0. The van der Waals surface area contributed by atoms with E-state index in [0.29, 0.717) is 45.0 Å². The van der Waals surface area contributed by atoms with E-state index in [0.717, 1.165) is 5.56 Å². The SMILES string of the molecule is O=C(c1cnc(-c2ccccc2)o1)N1CCC2(CC1)OCCO2. The van der Waals surface area contributed by atoms with Crippen molar-refractivity contribution >= 4 is 5.91 Å². The van der Waals surface area contributed by atoms with Gasteiger partial charge in [-0.15, -0.1) is 0 Å². The smallest absolute Gasteiger partial charge is 0.291 e. The Morgan fingerprint density at radius 1 is 1.09 bits per heavy atom. The highest BCUT2D eigenvalue weighted by molar-refractivity contribution is 5.91. The van der Waals surface area contributed by atoms with Crippen LogP contribution in [0, 0.1) is 0 Å². The average molecular weight is 314 g/mol. The number of likely N-dealkylation sites (tertiary alicyclic amines) is 1. The average Bonchev–Trinajstić information content (AvgIpc) is 3.26. The van der Waals surface area contributed by atoms with E-state index in [1.54, 1.807) is 4.90 Å². The van der Waals surface area contributed by atoms with Gasteiger partial charge in [-0.1, -0.05) is 18.2 Å². The van der Waals surface area contributed by atoms with Crippen molar-refractivity contribution in [2.75, 3.05) is 26.3 Å². The maximum Gasteiger partial charge on any atom is 0.291 e. The number of ether oxygens (including phenoxy) is 2.